The average molecular weight is 512 g/mol. The molecule has 10 heteroatoms. The zero-order chi connectivity index (χ0) is 25.3. The Morgan fingerprint density at radius 1 is 1.31 bits per heavy atom. The second kappa shape index (κ2) is 10.1. The van der Waals surface area contributed by atoms with Gasteiger partial charge in [-0.05, 0) is 61.8 Å². The Bertz CT molecular complexity index is 1210. The molecule has 1 spiro atoms. The number of aromatic amines is 1. The summed E-state index contributed by atoms with van der Waals surface area (Å²) in [5, 5.41) is 16.3. The molecule has 1 aromatic carbocycles. The van der Waals surface area contributed by atoms with E-state index in [2.05, 4.69) is 21.7 Å². The smallest absolute Gasteiger partial charge is 0.271 e. The molecule has 3 amide bonds. The molecule has 5 rings (SSSR count). The van der Waals surface area contributed by atoms with Gasteiger partial charge in [0.1, 0.15) is 23.5 Å². The largest absolute Gasteiger partial charge is 0.496 e. The predicted molar refractivity (Wildman–Crippen MR) is 139 cm³/mol. The summed E-state index contributed by atoms with van der Waals surface area (Å²) in [5.41, 5.74) is 1.23. The number of amides is 3. The third-order valence-corrected chi connectivity index (χ3v) is 11.9. The molecule has 0 saturated carbocycles. The lowest BCUT2D eigenvalue weighted by atomic mass is 9.92. The zero-order valence-corrected chi connectivity index (χ0v) is 21.4. The van der Waals surface area contributed by atoms with Gasteiger partial charge in [0.25, 0.3) is 5.91 Å². The van der Waals surface area contributed by atoms with Crippen LogP contribution in [0.4, 0.5) is 0 Å². The quantitative estimate of drug-likeness (QED) is 0.549. The number of hydrogen-bond donors (Lipinski definition) is 3. The number of piperidine rings is 1. The van der Waals surface area contributed by atoms with Gasteiger partial charge in [-0.25, -0.2) is 10.0 Å². The van der Waals surface area contributed by atoms with Crippen LogP contribution in [0.15, 0.2) is 24.3 Å². The number of hydrogen-bond acceptors (Lipinski definition) is 5. The minimum Gasteiger partial charge on any atom is -0.496 e. The molecule has 9 nitrogen and oxygen atoms in total. The first-order valence-corrected chi connectivity index (χ1v) is 14.9. The first-order chi connectivity index (χ1) is 17.4. The first kappa shape index (κ1) is 24.5. The van der Waals surface area contributed by atoms with E-state index in [1.54, 1.807) is 18.1 Å². The van der Waals surface area contributed by atoms with Gasteiger partial charge >= 0.3 is 0 Å². The molecule has 0 aliphatic carbocycles. The van der Waals surface area contributed by atoms with Crippen molar-refractivity contribution in [1.82, 2.24) is 20.5 Å². The number of carbonyl (C=O) groups is 3. The van der Waals surface area contributed by atoms with Gasteiger partial charge in [0, 0.05) is 29.1 Å². The van der Waals surface area contributed by atoms with E-state index in [4.69, 9.17) is 4.74 Å². The summed E-state index contributed by atoms with van der Waals surface area (Å²) in [7, 11) is 0.512. The van der Waals surface area contributed by atoms with E-state index in [0.29, 0.717) is 36.0 Å². The van der Waals surface area contributed by atoms with Crippen LogP contribution in [0, 0.1) is 17.2 Å². The molecule has 1 aromatic heterocycles. The molecule has 0 radical (unpaired) electrons. The van der Waals surface area contributed by atoms with E-state index < -0.39 is 22.1 Å². The number of fused-ring (bicyclic) bond motifs is 1. The maximum atomic E-state index is 13.8. The van der Waals surface area contributed by atoms with E-state index in [9.17, 15) is 19.6 Å². The van der Waals surface area contributed by atoms with Gasteiger partial charge in [0.15, 0.2) is 0 Å². The molecule has 36 heavy (non-hydrogen) atoms. The summed E-state index contributed by atoms with van der Waals surface area (Å²) in [6, 6.07) is 8.18. The Hall–Kier alpha value is -3.19. The average Bonchev–Trinajstić information content (AvgIpc) is 3.63. The van der Waals surface area contributed by atoms with Crippen molar-refractivity contribution < 1.29 is 19.1 Å². The lowest BCUT2D eigenvalue weighted by Crippen LogP contribution is -2.50. The number of benzene rings is 1. The van der Waals surface area contributed by atoms with Crippen LogP contribution >= 0.6 is 10.0 Å². The highest BCUT2D eigenvalue weighted by Gasteiger charge is 2.47. The highest BCUT2D eigenvalue weighted by molar-refractivity contribution is 8.34. The Morgan fingerprint density at radius 2 is 2.11 bits per heavy atom. The van der Waals surface area contributed by atoms with E-state index in [0.717, 1.165) is 41.7 Å². The topological polar surface area (TPSA) is 127 Å². The van der Waals surface area contributed by atoms with Crippen molar-refractivity contribution in [2.75, 3.05) is 36.8 Å². The number of nitrogens with one attached hydrogen (secondary N) is 3. The van der Waals surface area contributed by atoms with Crippen LogP contribution in [0.2, 0.25) is 0 Å². The number of H-pyrrole nitrogens is 1. The van der Waals surface area contributed by atoms with Crippen LogP contribution in [0.3, 0.4) is 0 Å². The third kappa shape index (κ3) is 4.64. The van der Waals surface area contributed by atoms with Crippen molar-refractivity contribution in [1.29, 1.82) is 5.26 Å². The minimum atomic E-state index is -1.09. The van der Waals surface area contributed by atoms with E-state index in [-0.39, 0.29) is 30.1 Å². The summed E-state index contributed by atoms with van der Waals surface area (Å²) in [6.07, 6.45) is 4.13. The van der Waals surface area contributed by atoms with E-state index in [1.165, 1.54) is 0 Å². The maximum absolute atomic E-state index is 13.8. The maximum Gasteiger partial charge on any atom is 0.271 e. The van der Waals surface area contributed by atoms with E-state index in [1.807, 2.05) is 18.2 Å². The van der Waals surface area contributed by atoms with Gasteiger partial charge in [-0.2, -0.15) is 5.26 Å². The minimum absolute atomic E-state index is 0.0583. The molecule has 0 bridgehead atoms. The summed E-state index contributed by atoms with van der Waals surface area (Å²) >= 11 is 0. The lowest BCUT2D eigenvalue weighted by Gasteiger charge is -2.29. The number of nitriles is 1. The lowest BCUT2D eigenvalue weighted by molar-refractivity contribution is -0.128. The van der Waals surface area contributed by atoms with Crippen molar-refractivity contribution in [3.05, 3.63) is 30.0 Å². The molecule has 3 aliphatic heterocycles. The van der Waals surface area contributed by atoms with Crippen LogP contribution in [-0.2, 0) is 9.59 Å². The summed E-state index contributed by atoms with van der Waals surface area (Å²) in [6.45, 7) is 0.655. The fourth-order valence-corrected chi connectivity index (χ4v) is 10.2. The van der Waals surface area contributed by atoms with Crippen molar-refractivity contribution in [3.8, 4) is 11.8 Å². The number of carbonyl (C=O) groups excluding carboxylic acids is 3. The summed E-state index contributed by atoms with van der Waals surface area (Å²) < 4.78 is 5.44. The van der Waals surface area contributed by atoms with Gasteiger partial charge in [-0.15, -0.1) is 0 Å². The first-order valence-electron chi connectivity index (χ1n) is 12.6. The van der Waals surface area contributed by atoms with Crippen LogP contribution in [0.1, 0.15) is 42.6 Å². The standard InChI is InChI=1S/C26H33N5O4S/c1-35-23-8-4-7-20-19(23)13-21(30-20)26(34)31-16-36(10-2-3-11-36)15-22(31)25(33)29-18(14-27)12-17-6-5-9-28-24(17)32/h4,7-8,13,17-18,22,30H,2-3,5-6,9-12,15-16H2,1H3,(H,28,32)(H,29,33)/t17-,18-,22-/m0/s1. The van der Waals surface area contributed by atoms with Gasteiger partial charge < -0.3 is 25.3 Å². The molecule has 0 unspecified atom stereocenters. The van der Waals surface area contributed by atoms with Gasteiger partial charge in [0.2, 0.25) is 11.8 Å². The Balaban J connectivity index is 1.37. The van der Waals surface area contributed by atoms with Gasteiger partial charge in [0.05, 0.1) is 19.1 Å². The highest BCUT2D eigenvalue weighted by Crippen LogP contribution is 2.59. The molecular weight excluding hydrogens is 478 g/mol. The zero-order valence-electron chi connectivity index (χ0n) is 20.5. The van der Waals surface area contributed by atoms with Crippen molar-refractivity contribution in [3.63, 3.8) is 0 Å². The van der Waals surface area contributed by atoms with Crippen LogP contribution in [-0.4, -0.2) is 76.5 Å². The normalized spacial score (nSPS) is 24.8. The summed E-state index contributed by atoms with van der Waals surface area (Å²) in [5.74, 6) is 3.28. The van der Waals surface area contributed by atoms with Gasteiger partial charge in [-0.1, -0.05) is 6.07 Å². The van der Waals surface area contributed by atoms with Crippen LogP contribution < -0.4 is 15.4 Å². The molecule has 4 heterocycles. The molecule has 2 aromatic rings. The fourth-order valence-electron chi connectivity index (χ4n) is 5.83. The van der Waals surface area contributed by atoms with Crippen molar-refractivity contribution >= 4 is 38.7 Å². The Kier molecular flexibility index (Phi) is 6.84. The second-order valence-corrected chi connectivity index (χ2v) is 13.9. The number of rotatable bonds is 6. The predicted octanol–water partition coefficient (Wildman–Crippen LogP) is 2.48. The monoisotopic (exact) mass is 511 g/mol. The molecule has 3 saturated heterocycles. The van der Waals surface area contributed by atoms with Gasteiger partial charge in [-0.3, -0.25) is 14.4 Å². The molecule has 3 fully saturated rings. The number of methoxy groups -OCH3 is 1. The molecule has 3 N–H and O–H groups in total. The number of nitrogens with zero attached hydrogens (tertiary/aromatic N) is 2. The van der Waals surface area contributed by atoms with Crippen LogP contribution in [0.5, 0.6) is 5.75 Å². The molecule has 192 valence electrons. The van der Waals surface area contributed by atoms with E-state index >= 15 is 0 Å². The Morgan fingerprint density at radius 3 is 2.83 bits per heavy atom. The third-order valence-electron chi connectivity index (χ3n) is 7.74. The summed E-state index contributed by atoms with van der Waals surface area (Å²) in [4.78, 5) is 44.4. The molecule has 3 aliphatic rings. The van der Waals surface area contributed by atoms with Crippen LogP contribution in [0.25, 0.3) is 10.9 Å². The van der Waals surface area contributed by atoms with Crippen molar-refractivity contribution in [2.45, 2.75) is 44.2 Å². The molecule has 3 atom stereocenters. The second-order valence-electron chi connectivity index (χ2n) is 10.1. The highest BCUT2D eigenvalue weighted by atomic mass is 32.3. The SMILES string of the molecule is COc1cccc2[nH]c(C(=O)N3CS4(CCCC4)C[C@H]3C(=O)N[C@H](C#N)C[C@@H]3CCCNC3=O)cc12. The molecular formula is C26H33N5O4S. The van der Waals surface area contributed by atoms with Crippen molar-refractivity contribution in [2.24, 2.45) is 5.92 Å². The fraction of sp³-hybridized carbons (Fsp3) is 0.538. The number of ether oxygens (including phenoxy) is 1. The Labute approximate surface area is 212 Å². The number of aromatic nitrogens is 1.